The second kappa shape index (κ2) is 9.94. The molecule has 0 saturated carbocycles. The molecule has 0 spiro atoms. The normalized spacial score (nSPS) is 14.2. The van der Waals surface area contributed by atoms with E-state index in [1.807, 2.05) is 0 Å². The lowest BCUT2D eigenvalue weighted by Crippen LogP contribution is -2.25. The summed E-state index contributed by atoms with van der Waals surface area (Å²) in [4.78, 5) is 20.3. The van der Waals surface area contributed by atoms with Crippen molar-refractivity contribution in [2.24, 2.45) is 0 Å². The Hall–Kier alpha value is -1.95. The third-order valence-electron chi connectivity index (χ3n) is 3.84. The van der Waals surface area contributed by atoms with Gasteiger partial charge in [0.15, 0.2) is 0 Å². The van der Waals surface area contributed by atoms with Gasteiger partial charge in [0, 0.05) is 39.2 Å². The monoisotopic (exact) mass is 318 g/mol. The van der Waals surface area contributed by atoms with Crippen molar-refractivity contribution in [2.75, 3.05) is 32.1 Å². The molecule has 1 aromatic rings. The standard InChI is InChI=1S/C17H26N4O2/c1-23-11-5-9-18-16(22)15-12-20-17(21-13-15)19-10-8-14-6-3-2-4-7-14/h6,12-13H,2-5,7-11H2,1H3,(H,18,22)(H,19,20,21). The number of allylic oxidation sites excluding steroid dienone is 1. The molecule has 23 heavy (non-hydrogen) atoms. The lowest BCUT2D eigenvalue weighted by molar-refractivity contribution is 0.0948. The maximum atomic E-state index is 11.9. The SMILES string of the molecule is COCCCNC(=O)c1cnc(NCCC2=CCCCC2)nc1. The highest BCUT2D eigenvalue weighted by Crippen LogP contribution is 2.19. The summed E-state index contributed by atoms with van der Waals surface area (Å²) in [7, 11) is 1.65. The second-order valence-electron chi connectivity index (χ2n) is 5.68. The van der Waals surface area contributed by atoms with Crippen LogP contribution in [0.4, 0.5) is 5.95 Å². The molecule has 0 aliphatic heterocycles. The van der Waals surface area contributed by atoms with Gasteiger partial charge < -0.3 is 15.4 Å². The summed E-state index contributed by atoms with van der Waals surface area (Å²) in [5, 5.41) is 6.02. The van der Waals surface area contributed by atoms with Gasteiger partial charge in [0.25, 0.3) is 5.91 Å². The van der Waals surface area contributed by atoms with Crippen LogP contribution in [0.3, 0.4) is 0 Å². The first kappa shape index (κ1) is 17.4. The number of methoxy groups -OCH3 is 1. The molecule has 2 N–H and O–H groups in total. The number of rotatable bonds is 9. The zero-order valence-corrected chi connectivity index (χ0v) is 13.8. The van der Waals surface area contributed by atoms with Gasteiger partial charge in [-0.25, -0.2) is 9.97 Å². The van der Waals surface area contributed by atoms with Crippen LogP contribution in [0.25, 0.3) is 0 Å². The highest BCUT2D eigenvalue weighted by Gasteiger charge is 2.07. The van der Waals surface area contributed by atoms with Crippen LogP contribution in [0.15, 0.2) is 24.0 Å². The Kier molecular flexibility index (Phi) is 7.52. The number of amides is 1. The topological polar surface area (TPSA) is 76.1 Å². The molecule has 0 aromatic carbocycles. The number of ether oxygens (including phenoxy) is 1. The fraction of sp³-hybridized carbons (Fsp3) is 0.588. The minimum Gasteiger partial charge on any atom is -0.385 e. The fourth-order valence-electron chi connectivity index (χ4n) is 2.52. The first-order valence-electron chi connectivity index (χ1n) is 8.30. The summed E-state index contributed by atoms with van der Waals surface area (Å²) in [6.45, 7) is 2.05. The Bertz CT molecular complexity index is 514. The Morgan fingerprint density at radius 3 is 2.78 bits per heavy atom. The van der Waals surface area contributed by atoms with Crippen LogP contribution in [0.1, 0.15) is 48.9 Å². The van der Waals surface area contributed by atoms with E-state index in [4.69, 9.17) is 4.74 Å². The number of carbonyl (C=O) groups is 1. The molecule has 0 fully saturated rings. The van der Waals surface area contributed by atoms with Crippen molar-refractivity contribution < 1.29 is 9.53 Å². The molecule has 6 heteroatoms. The minimum absolute atomic E-state index is 0.153. The van der Waals surface area contributed by atoms with E-state index in [-0.39, 0.29) is 5.91 Å². The van der Waals surface area contributed by atoms with Crippen molar-refractivity contribution in [1.82, 2.24) is 15.3 Å². The van der Waals surface area contributed by atoms with Gasteiger partial charge in [0.1, 0.15) is 0 Å². The molecule has 0 unspecified atom stereocenters. The van der Waals surface area contributed by atoms with Gasteiger partial charge >= 0.3 is 0 Å². The number of nitrogens with zero attached hydrogens (tertiary/aromatic N) is 2. The number of anilines is 1. The molecule has 0 saturated heterocycles. The predicted molar refractivity (Wildman–Crippen MR) is 90.5 cm³/mol. The first-order chi connectivity index (χ1) is 11.3. The van der Waals surface area contributed by atoms with Gasteiger partial charge in [0.05, 0.1) is 5.56 Å². The number of carbonyl (C=O) groups excluding carboxylic acids is 1. The van der Waals surface area contributed by atoms with Crippen LogP contribution in [0.5, 0.6) is 0 Å². The summed E-state index contributed by atoms with van der Waals surface area (Å²) in [6, 6.07) is 0. The third-order valence-corrected chi connectivity index (χ3v) is 3.84. The van der Waals surface area contributed by atoms with Crippen molar-refractivity contribution in [3.05, 3.63) is 29.6 Å². The van der Waals surface area contributed by atoms with Crippen LogP contribution in [-0.4, -0.2) is 42.7 Å². The van der Waals surface area contributed by atoms with Crippen molar-refractivity contribution in [3.8, 4) is 0 Å². The second-order valence-corrected chi connectivity index (χ2v) is 5.68. The van der Waals surface area contributed by atoms with Gasteiger partial charge in [-0.3, -0.25) is 4.79 Å². The fourth-order valence-corrected chi connectivity index (χ4v) is 2.52. The van der Waals surface area contributed by atoms with E-state index in [9.17, 15) is 4.79 Å². The largest absolute Gasteiger partial charge is 0.385 e. The number of aromatic nitrogens is 2. The number of nitrogens with one attached hydrogen (secondary N) is 2. The average molecular weight is 318 g/mol. The Labute approximate surface area is 137 Å². The van der Waals surface area contributed by atoms with E-state index < -0.39 is 0 Å². The number of hydrogen-bond acceptors (Lipinski definition) is 5. The van der Waals surface area contributed by atoms with Crippen molar-refractivity contribution >= 4 is 11.9 Å². The van der Waals surface area contributed by atoms with Crippen LogP contribution < -0.4 is 10.6 Å². The van der Waals surface area contributed by atoms with Gasteiger partial charge in [0.2, 0.25) is 5.95 Å². The molecule has 1 aliphatic carbocycles. The van der Waals surface area contributed by atoms with Crippen molar-refractivity contribution in [2.45, 2.75) is 38.5 Å². The smallest absolute Gasteiger partial charge is 0.254 e. The van der Waals surface area contributed by atoms with E-state index >= 15 is 0 Å². The summed E-state index contributed by atoms with van der Waals surface area (Å²) in [6.07, 6.45) is 12.3. The first-order valence-corrected chi connectivity index (χ1v) is 8.30. The molecule has 1 aliphatic rings. The quantitative estimate of drug-likeness (QED) is 0.540. The van der Waals surface area contributed by atoms with Gasteiger partial charge in [-0.05, 0) is 38.5 Å². The average Bonchev–Trinajstić information content (AvgIpc) is 2.60. The molecule has 0 bridgehead atoms. The maximum absolute atomic E-state index is 11.9. The summed E-state index contributed by atoms with van der Waals surface area (Å²) < 4.78 is 4.94. The molecule has 0 atom stereocenters. The zero-order valence-electron chi connectivity index (χ0n) is 13.8. The van der Waals surface area contributed by atoms with E-state index in [1.54, 1.807) is 19.5 Å². The van der Waals surface area contributed by atoms with E-state index in [2.05, 4.69) is 26.7 Å². The molecule has 1 heterocycles. The lowest BCUT2D eigenvalue weighted by Gasteiger charge is -2.12. The van der Waals surface area contributed by atoms with Gasteiger partial charge in [-0.2, -0.15) is 0 Å². The van der Waals surface area contributed by atoms with E-state index in [0.29, 0.717) is 24.7 Å². The number of hydrogen-bond donors (Lipinski definition) is 2. The lowest BCUT2D eigenvalue weighted by atomic mass is 9.97. The highest BCUT2D eigenvalue weighted by molar-refractivity contribution is 5.93. The minimum atomic E-state index is -0.153. The molecule has 0 radical (unpaired) electrons. The Morgan fingerprint density at radius 1 is 1.26 bits per heavy atom. The summed E-state index contributed by atoms with van der Waals surface area (Å²) >= 11 is 0. The summed E-state index contributed by atoms with van der Waals surface area (Å²) in [5.41, 5.74) is 2.00. The van der Waals surface area contributed by atoms with E-state index in [0.717, 1.165) is 19.4 Å². The van der Waals surface area contributed by atoms with Crippen LogP contribution in [0, 0.1) is 0 Å². The van der Waals surface area contributed by atoms with Crippen molar-refractivity contribution in [1.29, 1.82) is 0 Å². The molecular formula is C17H26N4O2. The Morgan fingerprint density at radius 2 is 2.09 bits per heavy atom. The third kappa shape index (κ3) is 6.36. The zero-order chi connectivity index (χ0) is 16.3. The molecule has 1 aromatic heterocycles. The maximum Gasteiger partial charge on any atom is 0.254 e. The van der Waals surface area contributed by atoms with E-state index in [1.165, 1.54) is 31.3 Å². The molecule has 2 rings (SSSR count). The van der Waals surface area contributed by atoms with Crippen LogP contribution in [0.2, 0.25) is 0 Å². The molecule has 126 valence electrons. The summed E-state index contributed by atoms with van der Waals surface area (Å²) in [5.74, 6) is 0.414. The van der Waals surface area contributed by atoms with Crippen LogP contribution >= 0.6 is 0 Å². The van der Waals surface area contributed by atoms with Gasteiger partial charge in [-0.1, -0.05) is 11.6 Å². The molecule has 1 amide bonds. The highest BCUT2D eigenvalue weighted by atomic mass is 16.5. The van der Waals surface area contributed by atoms with Gasteiger partial charge in [-0.15, -0.1) is 0 Å². The van der Waals surface area contributed by atoms with Crippen LogP contribution in [-0.2, 0) is 4.74 Å². The Balaban J connectivity index is 1.71. The predicted octanol–water partition coefficient (Wildman–Crippen LogP) is 2.55. The molecular weight excluding hydrogens is 292 g/mol. The van der Waals surface area contributed by atoms with Crippen molar-refractivity contribution in [3.63, 3.8) is 0 Å². The molecule has 6 nitrogen and oxygen atoms in total.